The monoisotopic (exact) mass is 464 g/mol. The van der Waals surface area contributed by atoms with Crippen LogP contribution in [0.4, 0.5) is 13.2 Å². The fraction of sp³-hybridized carbons (Fsp3) is 0.417. The van der Waals surface area contributed by atoms with Crippen LogP contribution in [0.25, 0.3) is 11.1 Å². The second-order valence-corrected chi connectivity index (χ2v) is 8.31. The molecule has 3 N–H and O–H groups in total. The van der Waals surface area contributed by atoms with E-state index in [0.717, 1.165) is 18.9 Å². The number of nitrogens with zero attached hydrogens (tertiary/aromatic N) is 1. The molecule has 33 heavy (non-hydrogen) atoms. The van der Waals surface area contributed by atoms with Crippen molar-refractivity contribution in [2.75, 3.05) is 6.54 Å². The molecule has 3 rings (SSSR count). The molecule has 1 aliphatic heterocycles. The number of carbonyl (C=O) groups excluding carboxylic acids is 2. The summed E-state index contributed by atoms with van der Waals surface area (Å²) in [4.78, 5) is 26.2. The summed E-state index contributed by atoms with van der Waals surface area (Å²) in [5.74, 6) is -1.61. The molecule has 9 heteroatoms. The Bertz CT molecular complexity index is 994. The number of amides is 2. The molecule has 2 aromatic rings. The lowest BCUT2D eigenvalue weighted by Crippen LogP contribution is -2.51. The maximum absolute atomic E-state index is 13.3. The normalized spacial score (nSPS) is 19.1. The van der Waals surface area contributed by atoms with Crippen molar-refractivity contribution >= 4 is 11.8 Å². The third-order valence-electron chi connectivity index (χ3n) is 5.97. The van der Waals surface area contributed by atoms with E-state index in [1.165, 1.54) is 35.2 Å². The summed E-state index contributed by atoms with van der Waals surface area (Å²) in [6.45, 7) is 3.93. The smallest absolute Gasteiger partial charge is 0.380 e. The van der Waals surface area contributed by atoms with Gasteiger partial charge in [0.1, 0.15) is 0 Å². The number of carbonyl (C=O) groups is 2. The number of hydrogen-bond acceptors (Lipinski definition) is 4. The van der Waals surface area contributed by atoms with Gasteiger partial charge in [0.25, 0.3) is 11.8 Å². The van der Waals surface area contributed by atoms with Crippen LogP contribution in [0.1, 0.15) is 43.9 Å². The van der Waals surface area contributed by atoms with E-state index in [4.69, 9.17) is 0 Å². The molecule has 4 atom stereocenters. The van der Waals surface area contributed by atoms with E-state index in [0.29, 0.717) is 17.7 Å². The molecule has 1 heterocycles. The van der Waals surface area contributed by atoms with Crippen LogP contribution in [0.3, 0.4) is 0 Å². The van der Waals surface area contributed by atoms with Crippen molar-refractivity contribution in [3.05, 3.63) is 59.7 Å². The predicted molar refractivity (Wildman–Crippen MR) is 116 cm³/mol. The molecule has 6 nitrogen and oxygen atoms in total. The fourth-order valence-electron chi connectivity index (χ4n) is 4.02. The van der Waals surface area contributed by atoms with Crippen LogP contribution in [0.2, 0.25) is 0 Å². The van der Waals surface area contributed by atoms with Gasteiger partial charge in [0.2, 0.25) is 0 Å². The minimum absolute atomic E-state index is 0.0430. The van der Waals surface area contributed by atoms with Crippen molar-refractivity contribution in [2.45, 2.75) is 57.2 Å². The molecular formula is C24H27F3N2O4. The summed E-state index contributed by atoms with van der Waals surface area (Å²) >= 11 is 0. The minimum atomic E-state index is -4.49. The highest BCUT2D eigenvalue weighted by molar-refractivity contribution is 5.91. The molecule has 1 saturated heterocycles. The second kappa shape index (κ2) is 9.93. The van der Waals surface area contributed by atoms with Crippen molar-refractivity contribution < 1.29 is 33.0 Å². The molecule has 0 bridgehead atoms. The summed E-state index contributed by atoms with van der Waals surface area (Å²) < 4.78 is 39.9. The number of aliphatic hydroxyl groups is 2. The summed E-state index contributed by atoms with van der Waals surface area (Å²) in [5.41, 5.74) is 0.249. The largest absolute Gasteiger partial charge is 0.417 e. The van der Waals surface area contributed by atoms with Crippen LogP contribution >= 0.6 is 0 Å². The van der Waals surface area contributed by atoms with E-state index in [-0.39, 0.29) is 11.6 Å². The van der Waals surface area contributed by atoms with Gasteiger partial charge in [-0.1, -0.05) is 42.5 Å². The van der Waals surface area contributed by atoms with Crippen molar-refractivity contribution in [1.82, 2.24) is 10.2 Å². The van der Waals surface area contributed by atoms with Gasteiger partial charge in [0.15, 0.2) is 12.2 Å². The Kier molecular flexibility index (Phi) is 7.44. The molecule has 1 aliphatic rings. The molecule has 0 aliphatic carbocycles. The fourth-order valence-corrected chi connectivity index (χ4v) is 4.02. The Morgan fingerprint density at radius 1 is 1.06 bits per heavy atom. The number of benzene rings is 2. The first kappa shape index (κ1) is 24.7. The Morgan fingerprint density at radius 2 is 1.70 bits per heavy atom. The molecule has 0 saturated carbocycles. The summed E-state index contributed by atoms with van der Waals surface area (Å²) in [7, 11) is 0. The third-order valence-corrected chi connectivity index (χ3v) is 5.97. The topological polar surface area (TPSA) is 89.9 Å². The summed E-state index contributed by atoms with van der Waals surface area (Å²) in [6.07, 6.45) is -6.72. The van der Waals surface area contributed by atoms with Crippen molar-refractivity contribution in [3.8, 4) is 11.1 Å². The van der Waals surface area contributed by atoms with Crippen LogP contribution in [0, 0.1) is 0 Å². The number of hydrogen-bond donors (Lipinski definition) is 3. The first-order valence-corrected chi connectivity index (χ1v) is 10.7. The van der Waals surface area contributed by atoms with Crippen molar-refractivity contribution in [3.63, 3.8) is 0 Å². The third kappa shape index (κ3) is 5.54. The first-order chi connectivity index (χ1) is 15.5. The van der Waals surface area contributed by atoms with E-state index in [9.17, 15) is 33.0 Å². The SMILES string of the molecule is C[C@@H](NC(=O)[C@H](O)[C@@H](O)C(=O)N1CCC[C@@H]1C)c1ccc(-c2ccccc2C(F)(F)F)cc1. The quantitative estimate of drug-likeness (QED) is 0.612. The highest BCUT2D eigenvalue weighted by atomic mass is 19.4. The zero-order valence-electron chi connectivity index (χ0n) is 18.3. The molecule has 0 spiro atoms. The molecule has 178 valence electrons. The van der Waals surface area contributed by atoms with Crippen LogP contribution in [-0.2, 0) is 15.8 Å². The van der Waals surface area contributed by atoms with Crippen LogP contribution in [-0.4, -0.2) is 51.7 Å². The molecule has 1 fully saturated rings. The van der Waals surface area contributed by atoms with Gasteiger partial charge < -0.3 is 20.4 Å². The van der Waals surface area contributed by atoms with Gasteiger partial charge in [-0.3, -0.25) is 9.59 Å². The van der Waals surface area contributed by atoms with Crippen LogP contribution in [0.5, 0.6) is 0 Å². The number of likely N-dealkylation sites (tertiary alicyclic amines) is 1. The van der Waals surface area contributed by atoms with E-state index in [2.05, 4.69) is 5.32 Å². The Hall–Kier alpha value is -2.91. The molecule has 0 radical (unpaired) electrons. The lowest BCUT2D eigenvalue weighted by atomic mass is 9.97. The number of alkyl halides is 3. The lowest BCUT2D eigenvalue weighted by Gasteiger charge is -2.27. The average Bonchev–Trinajstić information content (AvgIpc) is 3.22. The Morgan fingerprint density at radius 3 is 2.27 bits per heavy atom. The summed E-state index contributed by atoms with van der Waals surface area (Å²) in [5, 5.41) is 22.9. The maximum Gasteiger partial charge on any atom is 0.417 e. The lowest BCUT2D eigenvalue weighted by molar-refractivity contribution is -0.153. The maximum atomic E-state index is 13.3. The van der Waals surface area contributed by atoms with Gasteiger partial charge in [-0.25, -0.2) is 0 Å². The number of rotatable bonds is 6. The van der Waals surface area contributed by atoms with E-state index >= 15 is 0 Å². The highest BCUT2D eigenvalue weighted by Crippen LogP contribution is 2.37. The van der Waals surface area contributed by atoms with Gasteiger partial charge >= 0.3 is 6.18 Å². The van der Waals surface area contributed by atoms with E-state index in [1.54, 1.807) is 19.1 Å². The standard InChI is InChI=1S/C24H27F3N2O4/c1-14-6-5-13-29(14)23(33)21(31)20(30)22(32)28-15(2)16-9-11-17(12-10-16)18-7-3-4-8-19(18)24(25,26)27/h3-4,7-12,14-15,20-21,30-31H,5-6,13H2,1-2H3,(H,28,32)/t14-,15+,20+,21+/m0/s1. The van der Waals surface area contributed by atoms with Gasteiger partial charge in [0, 0.05) is 12.6 Å². The zero-order valence-corrected chi connectivity index (χ0v) is 18.3. The molecular weight excluding hydrogens is 437 g/mol. The number of halogens is 3. The summed E-state index contributed by atoms with van der Waals surface area (Å²) in [6, 6.07) is 10.8. The average molecular weight is 464 g/mol. The number of aliphatic hydroxyl groups excluding tert-OH is 2. The van der Waals surface area contributed by atoms with Crippen LogP contribution < -0.4 is 5.32 Å². The molecule has 2 aromatic carbocycles. The van der Waals surface area contributed by atoms with Gasteiger partial charge in [-0.2, -0.15) is 13.2 Å². The zero-order chi connectivity index (χ0) is 24.3. The van der Waals surface area contributed by atoms with Crippen molar-refractivity contribution in [1.29, 1.82) is 0 Å². The van der Waals surface area contributed by atoms with Crippen LogP contribution in [0.15, 0.2) is 48.5 Å². The minimum Gasteiger partial charge on any atom is -0.380 e. The molecule has 2 amide bonds. The first-order valence-electron chi connectivity index (χ1n) is 10.7. The Balaban J connectivity index is 1.67. The highest BCUT2D eigenvalue weighted by Gasteiger charge is 2.37. The van der Waals surface area contributed by atoms with E-state index < -0.39 is 41.8 Å². The van der Waals surface area contributed by atoms with Gasteiger partial charge in [0.05, 0.1) is 11.6 Å². The van der Waals surface area contributed by atoms with Crippen molar-refractivity contribution in [2.24, 2.45) is 0 Å². The van der Waals surface area contributed by atoms with Gasteiger partial charge in [-0.15, -0.1) is 0 Å². The predicted octanol–water partition coefficient (Wildman–Crippen LogP) is 3.28. The number of nitrogens with one attached hydrogen (secondary N) is 1. The Labute approximate surface area is 190 Å². The molecule has 0 unspecified atom stereocenters. The van der Waals surface area contributed by atoms with Gasteiger partial charge in [-0.05, 0) is 49.4 Å². The molecule has 0 aromatic heterocycles. The van der Waals surface area contributed by atoms with E-state index in [1.807, 2.05) is 6.92 Å². The second-order valence-electron chi connectivity index (χ2n) is 8.31.